The van der Waals surface area contributed by atoms with Crippen molar-refractivity contribution in [2.75, 3.05) is 13.2 Å². The summed E-state index contributed by atoms with van der Waals surface area (Å²) in [5.74, 6) is 0. The van der Waals surface area contributed by atoms with Gasteiger partial charge in [0.15, 0.2) is 5.37 Å². The standard InChI is InChI=1S/C16H24N2O5S2/c1-4-5-10-17-11-12-18(13-17)15(3)24(19,20)23-25(21,22)16-8-6-14(2)7-9-16/h6-9,11-12,15H,4-5,10,13H2,1-3H3. The van der Waals surface area contributed by atoms with Crippen LogP contribution < -0.4 is 0 Å². The summed E-state index contributed by atoms with van der Waals surface area (Å²) >= 11 is 0. The second-order valence-electron chi connectivity index (χ2n) is 6.05. The van der Waals surface area contributed by atoms with Crippen molar-refractivity contribution in [3.8, 4) is 0 Å². The third kappa shape index (κ3) is 4.96. The molecule has 0 N–H and O–H groups in total. The Morgan fingerprint density at radius 3 is 2.36 bits per heavy atom. The van der Waals surface area contributed by atoms with Crippen molar-refractivity contribution in [3.05, 3.63) is 42.2 Å². The number of benzene rings is 1. The number of hydrogen-bond donors (Lipinski definition) is 0. The molecule has 1 atom stereocenters. The molecule has 25 heavy (non-hydrogen) atoms. The van der Waals surface area contributed by atoms with E-state index in [1.807, 2.05) is 4.90 Å². The lowest BCUT2D eigenvalue weighted by Gasteiger charge is -2.26. The Hall–Kier alpha value is -1.58. The monoisotopic (exact) mass is 388 g/mol. The fourth-order valence-corrected chi connectivity index (χ4v) is 5.02. The predicted molar refractivity (Wildman–Crippen MR) is 95.3 cm³/mol. The molecular weight excluding hydrogens is 364 g/mol. The summed E-state index contributed by atoms with van der Waals surface area (Å²) in [4.78, 5) is 3.33. The quantitative estimate of drug-likeness (QED) is 0.675. The Bertz CT molecular complexity index is 817. The minimum Gasteiger partial charge on any atom is -0.359 e. The smallest absolute Gasteiger partial charge is 0.311 e. The van der Waals surface area contributed by atoms with Crippen LogP contribution in [0.3, 0.4) is 0 Å². The first-order valence-electron chi connectivity index (χ1n) is 8.10. The van der Waals surface area contributed by atoms with Crippen molar-refractivity contribution in [1.82, 2.24) is 9.80 Å². The highest BCUT2D eigenvalue weighted by molar-refractivity contribution is 8.00. The summed E-state index contributed by atoms with van der Waals surface area (Å²) in [5.41, 5.74) is 0.865. The van der Waals surface area contributed by atoms with Crippen molar-refractivity contribution in [3.63, 3.8) is 0 Å². The lowest BCUT2D eigenvalue weighted by molar-refractivity contribution is 0.247. The average Bonchev–Trinajstić information content (AvgIpc) is 3.00. The van der Waals surface area contributed by atoms with E-state index in [1.54, 1.807) is 31.5 Å². The molecule has 0 saturated carbocycles. The number of hydrogen-bond acceptors (Lipinski definition) is 7. The van der Waals surface area contributed by atoms with Crippen LogP contribution in [0.15, 0.2) is 41.6 Å². The van der Waals surface area contributed by atoms with E-state index in [4.69, 9.17) is 0 Å². The van der Waals surface area contributed by atoms with Gasteiger partial charge in [0.2, 0.25) is 0 Å². The molecule has 7 nitrogen and oxygen atoms in total. The van der Waals surface area contributed by atoms with Crippen LogP contribution in [0.25, 0.3) is 0 Å². The van der Waals surface area contributed by atoms with E-state index in [0.717, 1.165) is 24.9 Å². The zero-order valence-corrected chi connectivity index (χ0v) is 16.3. The molecule has 1 heterocycles. The molecule has 9 heteroatoms. The number of nitrogens with zero attached hydrogens (tertiary/aromatic N) is 2. The van der Waals surface area contributed by atoms with Crippen molar-refractivity contribution in [1.29, 1.82) is 0 Å². The first-order valence-corrected chi connectivity index (χ1v) is 11.0. The van der Waals surface area contributed by atoms with Crippen molar-refractivity contribution in [2.45, 2.75) is 43.9 Å². The molecule has 0 aliphatic carbocycles. The topological polar surface area (TPSA) is 84.0 Å². The molecule has 1 aromatic carbocycles. The Morgan fingerprint density at radius 2 is 1.76 bits per heavy atom. The maximum absolute atomic E-state index is 12.4. The molecule has 0 saturated heterocycles. The van der Waals surface area contributed by atoms with Gasteiger partial charge in [-0.05, 0) is 32.4 Å². The minimum absolute atomic E-state index is 0.185. The number of aryl methyl sites for hydroxylation is 1. The van der Waals surface area contributed by atoms with Crippen LogP contribution in [0, 0.1) is 6.92 Å². The predicted octanol–water partition coefficient (Wildman–Crippen LogP) is 2.22. The van der Waals surface area contributed by atoms with Crippen molar-refractivity contribution >= 4 is 20.2 Å². The van der Waals surface area contributed by atoms with Gasteiger partial charge in [0.05, 0.1) is 11.6 Å². The molecular formula is C16H24N2O5S2. The van der Waals surface area contributed by atoms with Crippen LogP contribution in [0.2, 0.25) is 0 Å². The normalized spacial score (nSPS) is 16.4. The minimum atomic E-state index is -4.39. The van der Waals surface area contributed by atoms with Gasteiger partial charge in [0, 0.05) is 18.9 Å². The largest absolute Gasteiger partial charge is 0.359 e. The molecule has 2 rings (SSSR count). The lowest BCUT2D eigenvalue weighted by atomic mass is 10.2. The number of unbranched alkanes of at least 4 members (excludes halogenated alkanes) is 1. The summed E-state index contributed by atoms with van der Waals surface area (Å²) in [6, 6.07) is 5.82. The van der Waals surface area contributed by atoms with Gasteiger partial charge >= 0.3 is 20.2 Å². The molecule has 0 amide bonds. The van der Waals surface area contributed by atoms with Crippen LogP contribution >= 0.6 is 0 Å². The van der Waals surface area contributed by atoms with E-state index in [2.05, 4.69) is 10.6 Å². The van der Waals surface area contributed by atoms with Gasteiger partial charge in [0.25, 0.3) is 0 Å². The van der Waals surface area contributed by atoms with Crippen molar-refractivity contribution < 1.29 is 20.5 Å². The first-order chi connectivity index (χ1) is 11.7. The lowest BCUT2D eigenvalue weighted by Crippen LogP contribution is -2.39. The van der Waals surface area contributed by atoms with Crippen LogP contribution in [0.4, 0.5) is 0 Å². The summed E-state index contributed by atoms with van der Waals surface area (Å²) in [5, 5.41) is -1.12. The fraction of sp³-hybridized carbons (Fsp3) is 0.500. The second-order valence-corrected chi connectivity index (χ2v) is 9.64. The van der Waals surface area contributed by atoms with E-state index in [1.165, 1.54) is 24.0 Å². The fourth-order valence-electron chi connectivity index (χ4n) is 2.32. The van der Waals surface area contributed by atoms with Crippen LogP contribution in [0.5, 0.6) is 0 Å². The number of rotatable bonds is 8. The van der Waals surface area contributed by atoms with Gasteiger partial charge < -0.3 is 9.80 Å². The van der Waals surface area contributed by atoms with Crippen LogP contribution in [-0.2, 0) is 23.9 Å². The molecule has 1 aliphatic heterocycles. The Balaban J connectivity index is 2.08. The highest BCUT2D eigenvalue weighted by Gasteiger charge is 2.34. The highest BCUT2D eigenvalue weighted by Crippen LogP contribution is 2.21. The van der Waals surface area contributed by atoms with Crippen LogP contribution in [-0.4, -0.2) is 45.2 Å². The Labute approximate surface area is 150 Å². The molecule has 1 unspecified atom stereocenters. The van der Waals surface area contributed by atoms with E-state index >= 15 is 0 Å². The van der Waals surface area contributed by atoms with Crippen LogP contribution in [0.1, 0.15) is 32.3 Å². The molecule has 0 fully saturated rings. The van der Waals surface area contributed by atoms with Gasteiger partial charge in [-0.3, -0.25) is 0 Å². The molecule has 1 aliphatic rings. The second kappa shape index (κ2) is 7.76. The SMILES string of the molecule is CCCCN1C=CN(C(C)S(=O)(=O)OS(=O)(=O)c2ccc(C)cc2)C1. The van der Waals surface area contributed by atoms with Gasteiger partial charge in [-0.15, -0.1) is 3.63 Å². The molecule has 0 radical (unpaired) electrons. The van der Waals surface area contributed by atoms with Gasteiger partial charge in [-0.2, -0.15) is 16.8 Å². The maximum atomic E-state index is 12.4. The Morgan fingerprint density at radius 1 is 1.12 bits per heavy atom. The molecule has 1 aromatic rings. The summed E-state index contributed by atoms with van der Waals surface area (Å²) in [6.07, 6.45) is 5.48. The molecule has 0 bridgehead atoms. The maximum Gasteiger partial charge on any atom is 0.311 e. The van der Waals surface area contributed by atoms with E-state index in [0.29, 0.717) is 6.67 Å². The van der Waals surface area contributed by atoms with Gasteiger partial charge in [-0.25, -0.2) is 0 Å². The summed E-state index contributed by atoms with van der Waals surface area (Å²) < 4.78 is 53.9. The Kier molecular flexibility index (Phi) is 6.12. The first kappa shape index (κ1) is 19.7. The summed E-state index contributed by atoms with van der Waals surface area (Å²) in [7, 11) is -8.73. The third-order valence-corrected chi connectivity index (χ3v) is 7.42. The molecule has 140 valence electrons. The zero-order chi connectivity index (χ0) is 18.7. The summed E-state index contributed by atoms with van der Waals surface area (Å²) in [6.45, 7) is 6.50. The van der Waals surface area contributed by atoms with E-state index < -0.39 is 25.6 Å². The van der Waals surface area contributed by atoms with Crippen molar-refractivity contribution in [2.24, 2.45) is 0 Å². The average molecular weight is 389 g/mol. The van der Waals surface area contributed by atoms with E-state index in [9.17, 15) is 16.8 Å². The van der Waals surface area contributed by atoms with Gasteiger partial charge in [0.1, 0.15) is 0 Å². The molecule has 0 spiro atoms. The van der Waals surface area contributed by atoms with E-state index in [-0.39, 0.29) is 4.90 Å². The third-order valence-electron chi connectivity index (χ3n) is 3.99. The molecule has 0 aromatic heterocycles. The van der Waals surface area contributed by atoms with Gasteiger partial charge in [-0.1, -0.05) is 31.0 Å². The highest BCUT2D eigenvalue weighted by atomic mass is 32.3. The zero-order valence-electron chi connectivity index (χ0n) is 14.6.